The Bertz CT molecular complexity index is 269. The molecule has 12 heavy (non-hydrogen) atoms. The van der Waals surface area contributed by atoms with Gasteiger partial charge in [0.1, 0.15) is 0 Å². The van der Waals surface area contributed by atoms with Crippen LogP contribution in [-0.4, -0.2) is 16.3 Å². The molecular weight excluding hydrogens is 241 g/mol. The number of nitrogens with two attached hydrogens (primary N) is 1. The maximum atomic E-state index is 5.63. The van der Waals surface area contributed by atoms with E-state index >= 15 is 0 Å². The van der Waals surface area contributed by atoms with Crippen LogP contribution >= 0.6 is 28.3 Å². The molecule has 2 rings (SSSR count). The second-order valence-corrected chi connectivity index (χ2v) is 3.95. The molecule has 0 saturated heterocycles. The van der Waals surface area contributed by atoms with E-state index in [9.17, 15) is 0 Å². The van der Waals surface area contributed by atoms with Crippen molar-refractivity contribution in [3.8, 4) is 0 Å². The van der Waals surface area contributed by atoms with Crippen molar-refractivity contribution in [2.75, 3.05) is 6.54 Å². The van der Waals surface area contributed by atoms with Crippen LogP contribution in [0.25, 0.3) is 0 Å². The first-order valence-corrected chi connectivity index (χ1v) is 4.47. The van der Waals surface area contributed by atoms with Crippen molar-refractivity contribution in [2.24, 2.45) is 5.73 Å². The van der Waals surface area contributed by atoms with E-state index in [4.69, 9.17) is 5.73 Å². The minimum atomic E-state index is 0. The lowest BCUT2D eigenvalue weighted by atomic mass is 10.3. The Morgan fingerprint density at radius 2 is 2.33 bits per heavy atom. The number of halogens is 2. The van der Waals surface area contributed by atoms with Gasteiger partial charge >= 0.3 is 0 Å². The number of rotatable bonds is 2. The molecule has 0 spiro atoms. The molecule has 1 aliphatic carbocycles. The summed E-state index contributed by atoms with van der Waals surface area (Å²) >= 11 is 3.36. The average Bonchev–Trinajstić information content (AvgIpc) is 2.70. The van der Waals surface area contributed by atoms with E-state index in [2.05, 4.69) is 21.0 Å². The molecule has 1 aromatic rings. The first-order chi connectivity index (χ1) is 5.27. The third-order valence-electron chi connectivity index (χ3n) is 2.24. The summed E-state index contributed by atoms with van der Waals surface area (Å²) in [6.07, 6.45) is 6.12. The van der Waals surface area contributed by atoms with E-state index in [0.29, 0.717) is 6.54 Å². The molecule has 1 heterocycles. The largest absolute Gasteiger partial charge is 0.328 e. The van der Waals surface area contributed by atoms with Crippen molar-refractivity contribution < 1.29 is 0 Å². The summed E-state index contributed by atoms with van der Waals surface area (Å²) in [4.78, 5) is 0. The fourth-order valence-electron chi connectivity index (χ4n) is 1.23. The van der Waals surface area contributed by atoms with E-state index in [-0.39, 0.29) is 17.9 Å². The monoisotopic (exact) mass is 251 g/mol. The van der Waals surface area contributed by atoms with Crippen molar-refractivity contribution >= 4 is 28.3 Å². The van der Waals surface area contributed by atoms with Crippen LogP contribution in [0.3, 0.4) is 0 Å². The topological polar surface area (TPSA) is 43.8 Å². The molecule has 0 amide bonds. The van der Waals surface area contributed by atoms with Gasteiger partial charge in [-0.3, -0.25) is 4.68 Å². The van der Waals surface area contributed by atoms with E-state index in [0.717, 1.165) is 17.3 Å². The molecule has 1 fully saturated rings. The van der Waals surface area contributed by atoms with Crippen LogP contribution in [-0.2, 0) is 5.54 Å². The predicted octanol–water partition coefficient (Wildman–Crippen LogP) is 1.52. The Balaban J connectivity index is 0.000000720. The van der Waals surface area contributed by atoms with Gasteiger partial charge in [-0.1, -0.05) is 0 Å². The molecule has 0 radical (unpaired) electrons. The van der Waals surface area contributed by atoms with Gasteiger partial charge in [0.2, 0.25) is 0 Å². The highest BCUT2D eigenvalue weighted by Crippen LogP contribution is 2.42. The van der Waals surface area contributed by atoms with Gasteiger partial charge in [0.25, 0.3) is 0 Å². The summed E-state index contributed by atoms with van der Waals surface area (Å²) in [5, 5.41) is 4.21. The van der Waals surface area contributed by atoms with Crippen molar-refractivity contribution in [1.29, 1.82) is 0 Å². The van der Waals surface area contributed by atoms with Crippen molar-refractivity contribution in [1.82, 2.24) is 9.78 Å². The summed E-state index contributed by atoms with van der Waals surface area (Å²) in [6, 6.07) is 0. The minimum absolute atomic E-state index is 0. The van der Waals surface area contributed by atoms with Crippen molar-refractivity contribution in [2.45, 2.75) is 18.4 Å². The molecule has 0 atom stereocenters. The molecule has 1 saturated carbocycles. The first kappa shape index (κ1) is 10.0. The summed E-state index contributed by atoms with van der Waals surface area (Å²) < 4.78 is 2.99. The van der Waals surface area contributed by atoms with E-state index < -0.39 is 0 Å². The first-order valence-electron chi connectivity index (χ1n) is 3.68. The molecule has 2 N–H and O–H groups in total. The third-order valence-corrected chi connectivity index (χ3v) is 2.65. The van der Waals surface area contributed by atoms with Gasteiger partial charge in [-0.25, -0.2) is 0 Å². The SMILES string of the molecule is Cl.NCC1(n2cc(Br)cn2)CC1. The van der Waals surface area contributed by atoms with E-state index in [1.54, 1.807) is 6.20 Å². The fourth-order valence-corrected chi connectivity index (χ4v) is 1.52. The zero-order chi connectivity index (χ0) is 7.90. The van der Waals surface area contributed by atoms with Crippen LogP contribution in [0.2, 0.25) is 0 Å². The molecule has 0 unspecified atom stereocenters. The number of nitrogens with zero attached hydrogens (tertiary/aromatic N) is 2. The fraction of sp³-hybridized carbons (Fsp3) is 0.571. The van der Waals surface area contributed by atoms with Crippen LogP contribution in [0.4, 0.5) is 0 Å². The highest BCUT2D eigenvalue weighted by molar-refractivity contribution is 9.10. The molecule has 3 nitrogen and oxygen atoms in total. The molecule has 0 bridgehead atoms. The quantitative estimate of drug-likeness (QED) is 0.867. The van der Waals surface area contributed by atoms with Crippen LogP contribution in [0.5, 0.6) is 0 Å². The zero-order valence-corrected chi connectivity index (χ0v) is 8.94. The molecule has 0 aromatic carbocycles. The molecule has 5 heteroatoms. The average molecular weight is 253 g/mol. The minimum Gasteiger partial charge on any atom is -0.328 e. The lowest BCUT2D eigenvalue weighted by Gasteiger charge is -2.11. The van der Waals surface area contributed by atoms with Gasteiger partial charge < -0.3 is 5.73 Å². The standard InChI is InChI=1S/C7H10BrN3.ClH/c8-6-3-10-11(4-6)7(5-9)1-2-7;/h3-4H,1-2,5,9H2;1H. The maximum absolute atomic E-state index is 5.63. The number of hydrogen-bond acceptors (Lipinski definition) is 2. The van der Waals surface area contributed by atoms with Crippen molar-refractivity contribution in [3.05, 3.63) is 16.9 Å². The normalized spacial score (nSPS) is 18.5. The van der Waals surface area contributed by atoms with E-state index in [1.165, 1.54) is 0 Å². The Morgan fingerprint density at radius 3 is 2.67 bits per heavy atom. The van der Waals surface area contributed by atoms with Gasteiger partial charge in [0, 0.05) is 12.7 Å². The predicted molar refractivity (Wildman–Crippen MR) is 53.4 cm³/mol. The second kappa shape index (κ2) is 3.36. The highest BCUT2D eigenvalue weighted by Gasteiger charge is 2.43. The molecule has 0 aliphatic heterocycles. The van der Waals surface area contributed by atoms with Crippen molar-refractivity contribution in [3.63, 3.8) is 0 Å². The van der Waals surface area contributed by atoms with Crippen LogP contribution in [0, 0.1) is 0 Å². The Kier molecular flexibility index (Phi) is 2.81. The van der Waals surface area contributed by atoms with Crippen LogP contribution in [0.1, 0.15) is 12.8 Å². The number of hydrogen-bond donors (Lipinski definition) is 1. The summed E-state index contributed by atoms with van der Waals surface area (Å²) in [5.74, 6) is 0. The maximum Gasteiger partial charge on any atom is 0.0751 e. The molecule has 1 aromatic heterocycles. The second-order valence-electron chi connectivity index (χ2n) is 3.03. The van der Waals surface area contributed by atoms with Gasteiger partial charge in [-0.2, -0.15) is 5.10 Å². The lowest BCUT2D eigenvalue weighted by Crippen LogP contribution is -2.27. The van der Waals surface area contributed by atoms with Crippen LogP contribution < -0.4 is 5.73 Å². The molecule has 1 aliphatic rings. The zero-order valence-electron chi connectivity index (χ0n) is 6.53. The summed E-state index contributed by atoms with van der Waals surface area (Å²) in [5.41, 5.74) is 5.79. The number of aromatic nitrogens is 2. The van der Waals surface area contributed by atoms with Gasteiger partial charge in [0.05, 0.1) is 16.2 Å². The molecule has 68 valence electrons. The van der Waals surface area contributed by atoms with Gasteiger partial charge in [0.15, 0.2) is 0 Å². The van der Waals surface area contributed by atoms with Gasteiger partial charge in [-0.15, -0.1) is 12.4 Å². The summed E-state index contributed by atoms with van der Waals surface area (Å²) in [6.45, 7) is 0.696. The Morgan fingerprint density at radius 1 is 1.67 bits per heavy atom. The van der Waals surface area contributed by atoms with E-state index in [1.807, 2.05) is 10.9 Å². The Hall–Kier alpha value is -0.0600. The van der Waals surface area contributed by atoms with Crippen LogP contribution in [0.15, 0.2) is 16.9 Å². The van der Waals surface area contributed by atoms with Gasteiger partial charge in [-0.05, 0) is 28.8 Å². The third kappa shape index (κ3) is 1.51. The summed E-state index contributed by atoms with van der Waals surface area (Å²) in [7, 11) is 0. The smallest absolute Gasteiger partial charge is 0.0751 e. The molecular formula is C7H11BrClN3. The highest BCUT2D eigenvalue weighted by atomic mass is 79.9. The Labute approximate surface area is 85.9 Å². The lowest BCUT2D eigenvalue weighted by molar-refractivity contribution is 0.441.